The number of anilines is 2. The minimum absolute atomic E-state index is 0.736. The van der Waals surface area contributed by atoms with E-state index in [0.717, 1.165) is 46.8 Å². The molecule has 3 aromatic rings. The first kappa shape index (κ1) is 13.9. The number of rotatable bonds is 5. The molecule has 0 unspecified atom stereocenters. The second kappa shape index (κ2) is 5.73. The molecule has 21 heavy (non-hydrogen) atoms. The molecule has 0 fully saturated rings. The number of nitrogens with one attached hydrogen (secondary N) is 1. The fraction of sp³-hybridized carbons (Fsp3) is 0.333. The zero-order valence-corrected chi connectivity index (χ0v) is 13.1. The molecule has 0 saturated carbocycles. The van der Waals surface area contributed by atoms with Gasteiger partial charge in [0.25, 0.3) is 0 Å². The normalized spacial score (nSPS) is 11.1. The SMILES string of the molecule is Cc1cc(C)n(CCCNc2ccc3scnc3c2N)n1. The topological polar surface area (TPSA) is 68.8 Å². The van der Waals surface area contributed by atoms with Crippen LogP contribution >= 0.6 is 11.3 Å². The van der Waals surface area contributed by atoms with Crippen LogP contribution in [0, 0.1) is 13.8 Å². The lowest BCUT2D eigenvalue weighted by Gasteiger charge is -2.10. The van der Waals surface area contributed by atoms with Gasteiger partial charge in [0, 0.05) is 18.8 Å². The van der Waals surface area contributed by atoms with E-state index < -0.39 is 0 Å². The number of thiazole rings is 1. The number of aromatic nitrogens is 3. The van der Waals surface area contributed by atoms with E-state index in [4.69, 9.17) is 5.73 Å². The molecule has 3 N–H and O–H groups in total. The van der Waals surface area contributed by atoms with Gasteiger partial charge in [-0.2, -0.15) is 5.10 Å². The summed E-state index contributed by atoms with van der Waals surface area (Å²) in [5, 5.41) is 7.85. The molecular formula is C15H19N5S. The van der Waals surface area contributed by atoms with Gasteiger partial charge in [-0.05, 0) is 38.5 Å². The Bertz CT molecular complexity index is 759. The number of nitrogen functional groups attached to an aromatic ring is 1. The zero-order chi connectivity index (χ0) is 14.8. The number of hydrogen-bond acceptors (Lipinski definition) is 5. The Balaban J connectivity index is 1.59. The van der Waals surface area contributed by atoms with Gasteiger partial charge in [-0.3, -0.25) is 4.68 Å². The number of nitrogens with zero attached hydrogens (tertiary/aromatic N) is 3. The van der Waals surface area contributed by atoms with Gasteiger partial charge in [-0.25, -0.2) is 4.98 Å². The van der Waals surface area contributed by atoms with E-state index in [0.29, 0.717) is 0 Å². The summed E-state index contributed by atoms with van der Waals surface area (Å²) >= 11 is 1.61. The number of fused-ring (bicyclic) bond motifs is 1. The molecule has 0 aliphatic carbocycles. The molecule has 0 spiro atoms. The molecule has 6 heteroatoms. The second-order valence-electron chi connectivity index (χ2n) is 5.16. The van der Waals surface area contributed by atoms with E-state index >= 15 is 0 Å². The third kappa shape index (κ3) is 2.85. The maximum atomic E-state index is 6.15. The number of hydrogen-bond donors (Lipinski definition) is 2. The fourth-order valence-corrected chi connectivity index (χ4v) is 3.15. The minimum atomic E-state index is 0.736. The van der Waals surface area contributed by atoms with Crippen molar-refractivity contribution in [2.45, 2.75) is 26.8 Å². The summed E-state index contributed by atoms with van der Waals surface area (Å²) in [6, 6.07) is 6.19. The first-order chi connectivity index (χ1) is 10.1. The highest BCUT2D eigenvalue weighted by Crippen LogP contribution is 2.29. The van der Waals surface area contributed by atoms with Crippen molar-refractivity contribution < 1.29 is 0 Å². The summed E-state index contributed by atoms with van der Waals surface area (Å²) in [6.07, 6.45) is 0.997. The Morgan fingerprint density at radius 2 is 2.19 bits per heavy atom. The summed E-state index contributed by atoms with van der Waals surface area (Å²) in [5.41, 5.74) is 12.8. The van der Waals surface area contributed by atoms with Crippen molar-refractivity contribution >= 4 is 32.9 Å². The van der Waals surface area contributed by atoms with Crippen molar-refractivity contribution in [3.05, 3.63) is 35.1 Å². The standard InChI is InChI=1S/C15H19N5S/c1-10-8-11(2)20(19-10)7-3-6-17-12-4-5-13-15(14(12)16)18-9-21-13/h4-5,8-9,17H,3,6-7,16H2,1-2H3. The van der Waals surface area contributed by atoms with Crippen molar-refractivity contribution in [1.29, 1.82) is 0 Å². The van der Waals surface area contributed by atoms with Crippen LogP contribution in [-0.4, -0.2) is 21.3 Å². The van der Waals surface area contributed by atoms with Gasteiger partial charge in [0.2, 0.25) is 0 Å². The van der Waals surface area contributed by atoms with Crippen LogP contribution in [0.25, 0.3) is 10.2 Å². The molecule has 0 atom stereocenters. The summed E-state index contributed by atoms with van der Waals surface area (Å²) < 4.78 is 3.17. The molecule has 0 radical (unpaired) electrons. The molecule has 110 valence electrons. The van der Waals surface area contributed by atoms with Gasteiger partial charge < -0.3 is 11.1 Å². The Hall–Kier alpha value is -2.08. The third-order valence-electron chi connectivity index (χ3n) is 3.51. The minimum Gasteiger partial charge on any atom is -0.395 e. The Kier molecular flexibility index (Phi) is 3.79. The second-order valence-corrected chi connectivity index (χ2v) is 6.04. The molecule has 0 bridgehead atoms. The van der Waals surface area contributed by atoms with E-state index in [1.54, 1.807) is 11.3 Å². The van der Waals surface area contributed by atoms with Crippen molar-refractivity contribution in [2.24, 2.45) is 0 Å². The van der Waals surface area contributed by atoms with Gasteiger partial charge in [-0.15, -0.1) is 11.3 Å². The molecular weight excluding hydrogens is 282 g/mol. The Morgan fingerprint density at radius 1 is 1.33 bits per heavy atom. The number of benzene rings is 1. The summed E-state index contributed by atoms with van der Waals surface area (Å²) in [6.45, 7) is 5.87. The van der Waals surface area contributed by atoms with E-state index in [-0.39, 0.29) is 0 Å². The van der Waals surface area contributed by atoms with Crippen LogP contribution in [0.2, 0.25) is 0 Å². The quantitative estimate of drug-likeness (QED) is 0.561. The molecule has 0 saturated heterocycles. The number of nitrogens with two attached hydrogens (primary N) is 1. The maximum absolute atomic E-state index is 6.15. The summed E-state index contributed by atoms with van der Waals surface area (Å²) in [5.74, 6) is 0. The van der Waals surface area contributed by atoms with Gasteiger partial charge in [0.05, 0.1) is 27.3 Å². The molecule has 2 aromatic heterocycles. The van der Waals surface area contributed by atoms with E-state index in [9.17, 15) is 0 Å². The van der Waals surface area contributed by atoms with Crippen LogP contribution < -0.4 is 11.1 Å². The Labute approximate surface area is 127 Å². The van der Waals surface area contributed by atoms with Crippen LogP contribution in [0.1, 0.15) is 17.8 Å². The summed E-state index contributed by atoms with van der Waals surface area (Å²) in [7, 11) is 0. The number of aryl methyl sites for hydroxylation is 3. The van der Waals surface area contributed by atoms with Crippen LogP contribution in [-0.2, 0) is 6.54 Å². The van der Waals surface area contributed by atoms with E-state index in [2.05, 4.69) is 34.5 Å². The highest BCUT2D eigenvalue weighted by molar-refractivity contribution is 7.16. The van der Waals surface area contributed by atoms with Gasteiger partial charge in [0.1, 0.15) is 5.52 Å². The molecule has 3 rings (SSSR count). The van der Waals surface area contributed by atoms with Crippen molar-refractivity contribution in [3.63, 3.8) is 0 Å². The highest BCUT2D eigenvalue weighted by atomic mass is 32.1. The van der Waals surface area contributed by atoms with Crippen molar-refractivity contribution in [2.75, 3.05) is 17.6 Å². The fourth-order valence-electron chi connectivity index (χ4n) is 2.46. The van der Waals surface area contributed by atoms with Crippen LogP contribution in [0.5, 0.6) is 0 Å². The van der Waals surface area contributed by atoms with Crippen LogP contribution in [0.4, 0.5) is 11.4 Å². The molecule has 0 aliphatic rings. The lowest BCUT2D eigenvalue weighted by molar-refractivity contribution is 0.574. The molecule has 5 nitrogen and oxygen atoms in total. The van der Waals surface area contributed by atoms with Crippen LogP contribution in [0.15, 0.2) is 23.7 Å². The van der Waals surface area contributed by atoms with Gasteiger partial charge >= 0.3 is 0 Å². The lowest BCUT2D eigenvalue weighted by atomic mass is 10.2. The van der Waals surface area contributed by atoms with E-state index in [1.165, 1.54) is 5.69 Å². The predicted molar refractivity (Wildman–Crippen MR) is 88.8 cm³/mol. The van der Waals surface area contributed by atoms with Crippen molar-refractivity contribution in [1.82, 2.24) is 14.8 Å². The predicted octanol–water partition coefficient (Wildman–Crippen LogP) is 3.19. The molecule has 1 aromatic carbocycles. The first-order valence-electron chi connectivity index (χ1n) is 7.02. The largest absolute Gasteiger partial charge is 0.395 e. The highest BCUT2D eigenvalue weighted by Gasteiger charge is 2.06. The van der Waals surface area contributed by atoms with Crippen LogP contribution in [0.3, 0.4) is 0 Å². The van der Waals surface area contributed by atoms with E-state index in [1.807, 2.05) is 23.2 Å². The maximum Gasteiger partial charge on any atom is 0.106 e. The molecule has 0 aliphatic heterocycles. The Morgan fingerprint density at radius 3 is 2.95 bits per heavy atom. The van der Waals surface area contributed by atoms with Gasteiger partial charge in [-0.1, -0.05) is 0 Å². The monoisotopic (exact) mass is 301 g/mol. The van der Waals surface area contributed by atoms with Crippen molar-refractivity contribution in [3.8, 4) is 0 Å². The van der Waals surface area contributed by atoms with Gasteiger partial charge in [0.15, 0.2) is 0 Å². The molecule has 0 amide bonds. The average molecular weight is 301 g/mol. The zero-order valence-electron chi connectivity index (χ0n) is 12.3. The lowest BCUT2D eigenvalue weighted by Crippen LogP contribution is -2.10. The smallest absolute Gasteiger partial charge is 0.106 e. The molecule has 2 heterocycles. The third-order valence-corrected chi connectivity index (χ3v) is 4.30. The first-order valence-corrected chi connectivity index (χ1v) is 7.89. The average Bonchev–Trinajstić information content (AvgIpc) is 3.04. The summed E-state index contributed by atoms with van der Waals surface area (Å²) in [4.78, 5) is 4.31.